The Hall–Kier alpha value is -2.32. The normalized spacial score (nSPS) is 24.8. The Bertz CT molecular complexity index is 811. The van der Waals surface area contributed by atoms with Gasteiger partial charge in [-0.1, -0.05) is 6.92 Å². The van der Waals surface area contributed by atoms with E-state index in [4.69, 9.17) is 9.15 Å². The number of rotatable bonds is 5. The second-order valence-corrected chi connectivity index (χ2v) is 8.33. The summed E-state index contributed by atoms with van der Waals surface area (Å²) >= 11 is 0. The molecule has 164 valence electrons. The monoisotopic (exact) mass is 414 g/mol. The molecule has 0 saturated carbocycles. The second kappa shape index (κ2) is 9.66. The first-order valence-corrected chi connectivity index (χ1v) is 11.0. The number of hydrogen-bond donors (Lipinski definition) is 1. The van der Waals surface area contributed by atoms with E-state index in [1.165, 1.54) is 0 Å². The molecular weight excluding hydrogens is 380 g/mol. The molecule has 2 aliphatic heterocycles. The van der Waals surface area contributed by atoms with Gasteiger partial charge in [0.15, 0.2) is 5.96 Å². The van der Waals surface area contributed by atoms with Gasteiger partial charge in [0, 0.05) is 52.2 Å². The zero-order chi connectivity index (χ0) is 20.9. The SMILES string of the molecule is CN=C(NCC(c1ccc(C)o1)N1CCOCC1)N1CCC(C)C(n2ccnc2)C1. The molecule has 2 aromatic rings. The highest BCUT2D eigenvalue weighted by Crippen LogP contribution is 2.28. The van der Waals surface area contributed by atoms with Crippen molar-refractivity contribution < 1.29 is 9.15 Å². The number of aliphatic imine (C=N–C) groups is 1. The van der Waals surface area contributed by atoms with Gasteiger partial charge < -0.3 is 23.9 Å². The lowest BCUT2D eigenvalue weighted by Gasteiger charge is -2.40. The minimum atomic E-state index is 0.160. The standard InChI is InChI=1S/C22H34N6O2/c1-17-6-8-27(15-20(17)28-9-7-24-16-28)22(23-3)25-14-19(21-5-4-18(2)30-21)26-10-12-29-13-11-26/h4-5,7,9,16-17,19-20H,6,8,10-15H2,1-3H3,(H,23,25). The van der Waals surface area contributed by atoms with Gasteiger partial charge in [0.2, 0.25) is 0 Å². The Labute approximate surface area is 178 Å². The van der Waals surface area contributed by atoms with Crippen LogP contribution in [-0.2, 0) is 4.74 Å². The Morgan fingerprint density at radius 3 is 2.80 bits per heavy atom. The molecule has 0 radical (unpaired) electrons. The quantitative estimate of drug-likeness (QED) is 0.598. The van der Waals surface area contributed by atoms with Crippen LogP contribution >= 0.6 is 0 Å². The second-order valence-electron chi connectivity index (χ2n) is 8.33. The molecule has 2 aromatic heterocycles. The number of likely N-dealkylation sites (tertiary alicyclic amines) is 1. The summed E-state index contributed by atoms with van der Waals surface area (Å²) in [5.41, 5.74) is 0. The third kappa shape index (κ3) is 4.70. The van der Waals surface area contributed by atoms with Crippen LogP contribution in [0.2, 0.25) is 0 Å². The van der Waals surface area contributed by atoms with E-state index in [-0.39, 0.29) is 6.04 Å². The van der Waals surface area contributed by atoms with Crippen LogP contribution < -0.4 is 5.32 Å². The average Bonchev–Trinajstić information content (AvgIpc) is 3.45. The number of imidazole rings is 1. The minimum absolute atomic E-state index is 0.160. The summed E-state index contributed by atoms with van der Waals surface area (Å²) in [6.45, 7) is 10.4. The van der Waals surface area contributed by atoms with Gasteiger partial charge in [-0.3, -0.25) is 9.89 Å². The molecule has 2 fully saturated rings. The van der Waals surface area contributed by atoms with Gasteiger partial charge in [0.25, 0.3) is 0 Å². The van der Waals surface area contributed by atoms with Gasteiger partial charge >= 0.3 is 0 Å². The predicted octanol–water partition coefficient (Wildman–Crippen LogP) is 2.32. The Kier molecular flexibility index (Phi) is 6.74. The molecule has 30 heavy (non-hydrogen) atoms. The number of aryl methyl sites for hydroxylation is 1. The van der Waals surface area contributed by atoms with E-state index >= 15 is 0 Å². The number of aromatic nitrogens is 2. The predicted molar refractivity (Wildman–Crippen MR) is 117 cm³/mol. The third-order valence-corrected chi connectivity index (χ3v) is 6.37. The summed E-state index contributed by atoms with van der Waals surface area (Å²) in [5.74, 6) is 3.51. The lowest BCUT2D eigenvalue weighted by molar-refractivity contribution is 0.0123. The van der Waals surface area contributed by atoms with Crippen molar-refractivity contribution in [2.45, 2.75) is 32.4 Å². The van der Waals surface area contributed by atoms with E-state index in [9.17, 15) is 0 Å². The molecule has 8 heteroatoms. The third-order valence-electron chi connectivity index (χ3n) is 6.37. The van der Waals surface area contributed by atoms with Crippen LogP contribution in [0.5, 0.6) is 0 Å². The molecule has 2 saturated heterocycles. The van der Waals surface area contributed by atoms with Gasteiger partial charge in [0.1, 0.15) is 11.5 Å². The summed E-state index contributed by atoms with van der Waals surface area (Å²) in [7, 11) is 1.87. The number of hydrogen-bond acceptors (Lipinski definition) is 5. The minimum Gasteiger partial charge on any atom is -0.465 e. The molecule has 0 aromatic carbocycles. The van der Waals surface area contributed by atoms with Gasteiger partial charge in [-0.05, 0) is 31.4 Å². The maximum Gasteiger partial charge on any atom is 0.193 e. The van der Waals surface area contributed by atoms with Crippen LogP contribution in [0.15, 0.2) is 40.3 Å². The Balaban J connectivity index is 1.44. The summed E-state index contributed by atoms with van der Waals surface area (Å²) in [5, 5.41) is 3.63. The van der Waals surface area contributed by atoms with Gasteiger partial charge in [-0.2, -0.15) is 0 Å². The van der Waals surface area contributed by atoms with Crippen molar-refractivity contribution in [3.63, 3.8) is 0 Å². The first kappa shape index (κ1) is 20.9. The van der Waals surface area contributed by atoms with Crippen LogP contribution in [0.4, 0.5) is 0 Å². The molecule has 3 unspecified atom stereocenters. The molecule has 4 heterocycles. The number of nitrogens with zero attached hydrogens (tertiary/aromatic N) is 5. The summed E-state index contributed by atoms with van der Waals surface area (Å²) in [6.07, 6.45) is 6.98. The van der Waals surface area contributed by atoms with E-state index in [0.29, 0.717) is 12.0 Å². The Morgan fingerprint density at radius 1 is 1.30 bits per heavy atom. The fourth-order valence-corrected chi connectivity index (χ4v) is 4.55. The largest absolute Gasteiger partial charge is 0.465 e. The highest BCUT2D eigenvalue weighted by atomic mass is 16.5. The van der Waals surface area contributed by atoms with Crippen LogP contribution in [0.1, 0.15) is 36.9 Å². The van der Waals surface area contributed by atoms with E-state index in [2.05, 4.69) is 48.8 Å². The average molecular weight is 415 g/mol. The van der Waals surface area contributed by atoms with Gasteiger partial charge in [0.05, 0.1) is 31.6 Å². The molecule has 8 nitrogen and oxygen atoms in total. The van der Waals surface area contributed by atoms with E-state index in [0.717, 1.165) is 69.8 Å². The van der Waals surface area contributed by atoms with Crippen molar-refractivity contribution >= 4 is 5.96 Å². The number of piperidine rings is 1. The summed E-state index contributed by atoms with van der Waals surface area (Å²) < 4.78 is 13.8. The van der Waals surface area contributed by atoms with Crippen LogP contribution in [0.25, 0.3) is 0 Å². The van der Waals surface area contributed by atoms with Crippen molar-refractivity contribution in [2.75, 3.05) is 53.0 Å². The molecule has 4 rings (SSSR count). The molecule has 0 spiro atoms. The van der Waals surface area contributed by atoms with Crippen molar-refractivity contribution in [1.82, 2.24) is 24.7 Å². The fraction of sp³-hybridized carbons (Fsp3) is 0.636. The first-order valence-electron chi connectivity index (χ1n) is 11.0. The van der Waals surface area contributed by atoms with E-state index in [1.807, 2.05) is 32.6 Å². The highest BCUT2D eigenvalue weighted by Gasteiger charge is 2.30. The van der Waals surface area contributed by atoms with Gasteiger partial charge in [-0.25, -0.2) is 4.98 Å². The zero-order valence-electron chi connectivity index (χ0n) is 18.3. The van der Waals surface area contributed by atoms with Crippen molar-refractivity contribution in [3.05, 3.63) is 42.4 Å². The molecule has 3 atom stereocenters. The highest BCUT2D eigenvalue weighted by molar-refractivity contribution is 5.80. The lowest BCUT2D eigenvalue weighted by atomic mass is 9.93. The summed E-state index contributed by atoms with van der Waals surface area (Å²) in [6, 6.07) is 4.70. The molecule has 0 aliphatic carbocycles. The molecule has 0 bridgehead atoms. The molecule has 2 aliphatic rings. The maximum atomic E-state index is 6.00. The van der Waals surface area contributed by atoms with Crippen LogP contribution in [0, 0.1) is 12.8 Å². The van der Waals surface area contributed by atoms with E-state index < -0.39 is 0 Å². The topological polar surface area (TPSA) is 71.1 Å². The number of morpholine rings is 1. The maximum absolute atomic E-state index is 6.00. The molecule has 0 amide bonds. The molecular formula is C22H34N6O2. The fourth-order valence-electron chi connectivity index (χ4n) is 4.55. The number of nitrogens with one attached hydrogen (secondary N) is 1. The zero-order valence-corrected chi connectivity index (χ0v) is 18.3. The van der Waals surface area contributed by atoms with Crippen molar-refractivity contribution in [2.24, 2.45) is 10.9 Å². The first-order chi connectivity index (χ1) is 14.7. The Morgan fingerprint density at radius 2 is 2.13 bits per heavy atom. The number of guanidine groups is 1. The molecule has 1 N–H and O–H groups in total. The van der Waals surface area contributed by atoms with Crippen LogP contribution in [-0.4, -0.2) is 78.3 Å². The van der Waals surface area contributed by atoms with Crippen LogP contribution in [0.3, 0.4) is 0 Å². The number of furan rings is 1. The lowest BCUT2D eigenvalue weighted by Crippen LogP contribution is -2.51. The van der Waals surface area contributed by atoms with Gasteiger partial charge in [-0.15, -0.1) is 0 Å². The summed E-state index contributed by atoms with van der Waals surface area (Å²) in [4.78, 5) is 13.7. The number of ether oxygens (including phenoxy) is 1. The smallest absolute Gasteiger partial charge is 0.193 e. The van der Waals surface area contributed by atoms with E-state index in [1.54, 1.807) is 0 Å². The van der Waals surface area contributed by atoms with Crippen molar-refractivity contribution in [3.8, 4) is 0 Å². The van der Waals surface area contributed by atoms with Crippen molar-refractivity contribution in [1.29, 1.82) is 0 Å².